The van der Waals surface area contributed by atoms with Crippen molar-refractivity contribution < 1.29 is 22.3 Å². The largest absolute Gasteiger partial charge is 0.392 e. The van der Waals surface area contributed by atoms with Gasteiger partial charge in [0, 0.05) is 5.02 Å². The fraction of sp³-hybridized carbons (Fsp3) is 0.333. The monoisotopic (exact) mass is 285 g/mol. The second-order valence-corrected chi connectivity index (χ2v) is 5.33. The maximum Gasteiger partial charge on any atom is 0.251 e. The minimum Gasteiger partial charge on any atom is -0.392 e. The lowest BCUT2D eigenvalue weighted by Gasteiger charge is -2.08. The van der Waals surface area contributed by atoms with E-state index in [2.05, 4.69) is 0 Å². The molecule has 0 saturated carbocycles. The van der Waals surface area contributed by atoms with Crippen LogP contribution in [0.2, 0.25) is 5.02 Å². The first-order valence-electron chi connectivity index (χ1n) is 4.54. The van der Waals surface area contributed by atoms with Crippen LogP contribution in [-0.4, -0.2) is 26.5 Å². The summed E-state index contributed by atoms with van der Waals surface area (Å²) in [7, 11) is -4.00. The van der Waals surface area contributed by atoms with E-state index in [0.29, 0.717) is 5.56 Å². The molecular weight excluding hydrogens is 276 g/mol. The smallest absolute Gasteiger partial charge is 0.251 e. The molecule has 17 heavy (non-hydrogen) atoms. The van der Waals surface area contributed by atoms with Gasteiger partial charge in [0.2, 0.25) is 10.0 Å². The summed E-state index contributed by atoms with van der Waals surface area (Å²) < 4.78 is 48.6. The van der Waals surface area contributed by atoms with E-state index in [-0.39, 0.29) is 16.5 Å². The normalized spacial score (nSPS) is 12.1. The Hall–Kier alpha value is -0.760. The van der Waals surface area contributed by atoms with Crippen LogP contribution in [0.1, 0.15) is 5.56 Å². The van der Waals surface area contributed by atoms with E-state index in [1.54, 1.807) is 4.72 Å². The molecule has 1 aromatic carbocycles. The molecule has 96 valence electrons. The van der Waals surface area contributed by atoms with Crippen LogP contribution >= 0.6 is 11.6 Å². The molecular formula is C9H10ClF2NO3S. The summed E-state index contributed by atoms with van der Waals surface area (Å²) in [5, 5.41) is 8.90. The Bertz CT molecular complexity index is 493. The van der Waals surface area contributed by atoms with Crippen molar-refractivity contribution in [3.05, 3.63) is 28.8 Å². The molecule has 0 saturated heterocycles. The molecule has 0 aromatic heterocycles. The molecule has 1 rings (SSSR count). The first-order valence-corrected chi connectivity index (χ1v) is 6.40. The Balaban J connectivity index is 2.96. The van der Waals surface area contributed by atoms with Crippen molar-refractivity contribution in [1.29, 1.82) is 0 Å². The molecule has 0 aliphatic heterocycles. The highest BCUT2D eigenvalue weighted by Crippen LogP contribution is 2.20. The molecule has 0 bridgehead atoms. The van der Waals surface area contributed by atoms with Gasteiger partial charge in [-0.25, -0.2) is 21.9 Å². The molecule has 0 radical (unpaired) electrons. The van der Waals surface area contributed by atoms with Crippen LogP contribution in [0.3, 0.4) is 0 Å². The lowest BCUT2D eigenvalue weighted by Crippen LogP contribution is -2.28. The van der Waals surface area contributed by atoms with Crippen LogP contribution in [0.4, 0.5) is 8.78 Å². The van der Waals surface area contributed by atoms with E-state index in [1.165, 1.54) is 12.1 Å². The molecule has 0 heterocycles. The maximum atomic E-state index is 11.9. The van der Waals surface area contributed by atoms with Crippen molar-refractivity contribution in [2.24, 2.45) is 0 Å². The number of sulfonamides is 1. The zero-order valence-electron chi connectivity index (χ0n) is 8.53. The van der Waals surface area contributed by atoms with Gasteiger partial charge in [-0.1, -0.05) is 17.7 Å². The third kappa shape index (κ3) is 3.88. The van der Waals surface area contributed by atoms with Gasteiger partial charge in [0.15, 0.2) is 0 Å². The summed E-state index contributed by atoms with van der Waals surface area (Å²) in [4.78, 5) is -0.222. The zero-order valence-corrected chi connectivity index (χ0v) is 10.1. The highest BCUT2D eigenvalue weighted by Gasteiger charge is 2.17. The van der Waals surface area contributed by atoms with Crippen LogP contribution in [0, 0.1) is 0 Å². The predicted molar refractivity (Wildman–Crippen MR) is 58.6 cm³/mol. The summed E-state index contributed by atoms with van der Waals surface area (Å²) in [5.74, 6) is 0. The van der Waals surface area contributed by atoms with Crippen LogP contribution < -0.4 is 4.72 Å². The minimum absolute atomic E-state index is 0.0624. The van der Waals surface area contributed by atoms with Crippen molar-refractivity contribution >= 4 is 21.6 Å². The van der Waals surface area contributed by atoms with Crippen LogP contribution in [0.15, 0.2) is 23.1 Å². The Morgan fingerprint density at radius 3 is 2.53 bits per heavy atom. The number of rotatable bonds is 5. The highest BCUT2D eigenvalue weighted by atomic mass is 35.5. The molecule has 2 N–H and O–H groups in total. The predicted octanol–water partition coefficient (Wildman–Crippen LogP) is 1.38. The third-order valence-electron chi connectivity index (χ3n) is 1.93. The molecule has 0 amide bonds. The lowest BCUT2D eigenvalue weighted by atomic mass is 10.2. The molecule has 8 heteroatoms. The molecule has 0 spiro atoms. The van der Waals surface area contributed by atoms with Gasteiger partial charge in [-0.15, -0.1) is 0 Å². The van der Waals surface area contributed by atoms with Gasteiger partial charge in [-0.05, 0) is 17.7 Å². The van der Waals surface area contributed by atoms with Crippen LogP contribution in [-0.2, 0) is 16.6 Å². The highest BCUT2D eigenvalue weighted by molar-refractivity contribution is 7.89. The first-order chi connectivity index (χ1) is 7.86. The van der Waals surface area contributed by atoms with Gasteiger partial charge in [0.25, 0.3) is 6.43 Å². The molecule has 0 aliphatic rings. The minimum atomic E-state index is -4.00. The summed E-state index contributed by atoms with van der Waals surface area (Å²) >= 11 is 5.70. The quantitative estimate of drug-likeness (QED) is 0.859. The van der Waals surface area contributed by atoms with E-state index < -0.39 is 23.0 Å². The standard InChI is InChI=1S/C9H10ClF2NO3S/c10-8-3-7(2-1-6(8)5-14)17(15,16)13-4-9(11)12/h1-3,9,13-14H,4-5H2. The van der Waals surface area contributed by atoms with Gasteiger partial charge in [-0.3, -0.25) is 0 Å². The van der Waals surface area contributed by atoms with Gasteiger partial charge in [0.05, 0.1) is 18.0 Å². The Morgan fingerprint density at radius 2 is 2.06 bits per heavy atom. The maximum absolute atomic E-state index is 11.9. The van der Waals surface area contributed by atoms with E-state index >= 15 is 0 Å². The number of aliphatic hydroxyl groups excluding tert-OH is 1. The number of benzene rings is 1. The Labute approximate surface area is 102 Å². The summed E-state index contributed by atoms with van der Waals surface area (Å²) in [6.07, 6.45) is -2.77. The van der Waals surface area contributed by atoms with Gasteiger partial charge < -0.3 is 5.11 Å². The number of alkyl halides is 2. The third-order valence-corrected chi connectivity index (χ3v) is 3.71. The van der Waals surface area contributed by atoms with Gasteiger partial charge in [0.1, 0.15) is 0 Å². The average molecular weight is 286 g/mol. The fourth-order valence-corrected chi connectivity index (χ4v) is 2.42. The van der Waals surface area contributed by atoms with E-state index in [9.17, 15) is 17.2 Å². The number of halogens is 3. The molecule has 0 aliphatic carbocycles. The molecule has 0 fully saturated rings. The van der Waals surface area contributed by atoms with Crippen molar-refractivity contribution in [2.45, 2.75) is 17.9 Å². The zero-order chi connectivity index (χ0) is 13.1. The fourth-order valence-electron chi connectivity index (χ4n) is 1.08. The molecule has 1 aromatic rings. The SMILES string of the molecule is O=S(=O)(NCC(F)F)c1ccc(CO)c(Cl)c1. The van der Waals surface area contributed by atoms with Gasteiger partial charge in [-0.2, -0.15) is 0 Å². The Kier molecular flexibility index (Phi) is 4.81. The summed E-state index contributed by atoms with van der Waals surface area (Å²) in [5.41, 5.74) is 0.361. The van der Waals surface area contributed by atoms with Crippen molar-refractivity contribution in [2.75, 3.05) is 6.54 Å². The van der Waals surface area contributed by atoms with Crippen molar-refractivity contribution in [3.8, 4) is 0 Å². The van der Waals surface area contributed by atoms with E-state index in [0.717, 1.165) is 6.07 Å². The van der Waals surface area contributed by atoms with E-state index in [1.807, 2.05) is 0 Å². The van der Waals surface area contributed by atoms with Gasteiger partial charge >= 0.3 is 0 Å². The number of nitrogens with one attached hydrogen (secondary N) is 1. The number of hydrogen-bond donors (Lipinski definition) is 2. The van der Waals surface area contributed by atoms with Crippen molar-refractivity contribution in [1.82, 2.24) is 4.72 Å². The number of aliphatic hydroxyl groups is 1. The first kappa shape index (κ1) is 14.3. The molecule has 4 nitrogen and oxygen atoms in total. The average Bonchev–Trinajstić information content (AvgIpc) is 2.26. The second kappa shape index (κ2) is 5.72. The molecule has 0 unspecified atom stereocenters. The van der Waals surface area contributed by atoms with Crippen molar-refractivity contribution in [3.63, 3.8) is 0 Å². The lowest BCUT2D eigenvalue weighted by molar-refractivity contribution is 0.153. The Morgan fingerprint density at radius 1 is 1.41 bits per heavy atom. The summed E-state index contributed by atoms with van der Waals surface area (Å²) in [6.45, 7) is -1.29. The topological polar surface area (TPSA) is 66.4 Å². The summed E-state index contributed by atoms with van der Waals surface area (Å²) in [6, 6.07) is 3.60. The van der Waals surface area contributed by atoms with E-state index in [4.69, 9.17) is 16.7 Å². The van der Waals surface area contributed by atoms with Crippen LogP contribution in [0.5, 0.6) is 0 Å². The number of hydrogen-bond acceptors (Lipinski definition) is 3. The second-order valence-electron chi connectivity index (χ2n) is 3.15. The molecule has 0 atom stereocenters. The van der Waals surface area contributed by atoms with Crippen LogP contribution in [0.25, 0.3) is 0 Å².